The summed E-state index contributed by atoms with van der Waals surface area (Å²) in [4.78, 5) is 15.1. The maximum atomic E-state index is 12.2. The molecule has 0 unspecified atom stereocenters. The van der Waals surface area contributed by atoms with E-state index in [0.29, 0.717) is 0 Å². The molecule has 1 N–H and O–H groups in total. The van der Waals surface area contributed by atoms with Crippen LogP contribution in [0.5, 0.6) is 11.5 Å². The summed E-state index contributed by atoms with van der Waals surface area (Å²) in [7, 11) is 0. The van der Waals surface area contributed by atoms with Gasteiger partial charge in [0, 0.05) is 11.4 Å². The van der Waals surface area contributed by atoms with E-state index in [0.717, 1.165) is 6.07 Å². The summed E-state index contributed by atoms with van der Waals surface area (Å²) in [5.74, 6) is -1.83. The van der Waals surface area contributed by atoms with E-state index in [1.54, 1.807) is 6.92 Å². The fourth-order valence-electron chi connectivity index (χ4n) is 1.35. The van der Waals surface area contributed by atoms with E-state index in [1.165, 1.54) is 0 Å². The zero-order valence-electron chi connectivity index (χ0n) is 10.3. The molecule has 1 aromatic heterocycles. The SMILES string of the molecule is CCOC(=O)Cc1nc(CBr)c(OC(F)(F)F)cc1O. The predicted molar refractivity (Wildman–Crippen MR) is 65.6 cm³/mol. The Kier molecular flexibility index (Phi) is 5.61. The number of carbonyl (C=O) groups excluding carboxylic acids is 1. The highest BCUT2D eigenvalue weighted by Crippen LogP contribution is 2.31. The van der Waals surface area contributed by atoms with E-state index in [1.807, 2.05) is 0 Å². The molecule has 5 nitrogen and oxygen atoms in total. The number of halogens is 4. The lowest BCUT2D eigenvalue weighted by Crippen LogP contribution is -2.19. The Morgan fingerprint density at radius 2 is 2.10 bits per heavy atom. The Labute approximate surface area is 120 Å². The second-order valence-electron chi connectivity index (χ2n) is 3.56. The number of esters is 1. The van der Waals surface area contributed by atoms with Crippen molar-refractivity contribution in [1.82, 2.24) is 4.98 Å². The first-order chi connectivity index (χ1) is 9.26. The van der Waals surface area contributed by atoms with Gasteiger partial charge in [0.05, 0.1) is 24.4 Å². The van der Waals surface area contributed by atoms with Gasteiger partial charge in [-0.25, -0.2) is 4.98 Å². The van der Waals surface area contributed by atoms with Gasteiger partial charge in [-0.1, -0.05) is 15.9 Å². The van der Waals surface area contributed by atoms with E-state index >= 15 is 0 Å². The molecule has 1 heterocycles. The Morgan fingerprint density at radius 3 is 2.60 bits per heavy atom. The molecule has 20 heavy (non-hydrogen) atoms. The van der Waals surface area contributed by atoms with Crippen molar-refractivity contribution in [2.24, 2.45) is 0 Å². The minimum atomic E-state index is -4.90. The number of pyridine rings is 1. The van der Waals surface area contributed by atoms with Crippen LogP contribution in [0.15, 0.2) is 6.07 Å². The smallest absolute Gasteiger partial charge is 0.506 e. The van der Waals surface area contributed by atoms with Gasteiger partial charge in [0.25, 0.3) is 0 Å². The standard InChI is InChI=1S/C11H11BrF3NO4/c1-2-19-10(18)3-6-8(17)4-9(7(5-12)16-6)20-11(13,14)15/h4,17H,2-3,5H2,1H3. The van der Waals surface area contributed by atoms with Crippen molar-refractivity contribution in [2.75, 3.05) is 6.61 Å². The van der Waals surface area contributed by atoms with Crippen LogP contribution in [-0.2, 0) is 21.3 Å². The minimum absolute atomic E-state index is 0.0332. The molecule has 0 aliphatic heterocycles. The maximum Gasteiger partial charge on any atom is 0.573 e. The van der Waals surface area contributed by atoms with E-state index in [-0.39, 0.29) is 29.7 Å². The number of ether oxygens (including phenoxy) is 2. The van der Waals surface area contributed by atoms with Gasteiger partial charge in [0.2, 0.25) is 0 Å². The first kappa shape index (κ1) is 16.5. The summed E-state index contributed by atoms with van der Waals surface area (Å²) in [5.41, 5.74) is -0.160. The van der Waals surface area contributed by atoms with E-state index < -0.39 is 23.8 Å². The number of rotatable bonds is 5. The number of carbonyl (C=O) groups is 1. The molecule has 0 amide bonds. The molecule has 0 saturated heterocycles. The third-order valence-electron chi connectivity index (χ3n) is 2.09. The van der Waals surface area contributed by atoms with Crippen molar-refractivity contribution >= 4 is 21.9 Å². The second-order valence-corrected chi connectivity index (χ2v) is 4.12. The van der Waals surface area contributed by atoms with Crippen molar-refractivity contribution in [3.05, 3.63) is 17.5 Å². The van der Waals surface area contributed by atoms with Crippen LogP contribution in [-0.4, -0.2) is 29.0 Å². The number of hydrogen-bond acceptors (Lipinski definition) is 5. The average Bonchev–Trinajstić information content (AvgIpc) is 2.31. The Bertz CT molecular complexity index is 493. The van der Waals surface area contributed by atoms with Gasteiger partial charge in [-0.2, -0.15) is 0 Å². The van der Waals surface area contributed by atoms with Gasteiger partial charge < -0.3 is 14.6 Å². The molecule has 9 heteroatoms. The molecule has 1 aromatic rings. The minimum Gasteiger partial charge on any atom is -0.506 e. The van der Waals surface area contributed by atoms with Crippen LogP contribution in [0.4, 0.5) is 13.2 Å². The van der Waals surface area contributed by atoms with Crippen LogP contribution in [0, 0.1) is 0 Å². The molecule has 112 valence electrons. The van der Waals surface area contributed by atoms with Crippen LogP contribution in [0.1, 0.15) is 18.3 Å². The van der Waals surface area contributed by atoms with Gasteiger partial charge in [-0.15, -0.1) is 13.2 Å². The average molecular weight is 358 g/mol. The highest BCUT2D eigenvalue weighted by Gasteiger charge is 2.33. The molecular formula is C11H11BrF3NO4. The summed E-state index contributed by atoms with van der Waals surface area (Å²) >= 11 is 2.96. The molecule has 0 atom stereocenters. The van der Waals surface area contributed by atoms with Crippen LogP contribution in [0.25, 0.3) is 0 Å². The summed E-state index contributed by atoms with van der Waals surface area (Å²) < 4.78 is 45.0. The van der Waals surface area contributed by atoms with Gasteiger partial charge in [-0.3, -0.25) is 4.79 Å². The van der Waals surface area contributed by atoms with Gasteiger partial charge in [0.1, 0.15) is 5.75 Å². The van der Waals surface area contributed by atoms with Crippen molar-refractivity contribution in [3.63, 3.8) is 0 Å². The van der Waals surface area contributed by atoms with E-state index in [4.69, 9.17) is 0 Å². The van der Waals surface area contributed by atoms with Crippen molar-refractivity contribution in [2.45, 2.75) is 25.0 Å². The molecule has 0 spiro atoms. The Balaban J connectivity index is 3.03. The van der Waals surface area contributed by atoms with E-state index in [2.05, 4.69) is 30.4 Å². The number of aromatic nitrogens is 1. The van der Waals surface area contributed by atoms with Crippen molar-refractivity contribution in [1.29, 1.82) is 0 Å². The summed E-state index contributed by atoms with van der Waals surface area (Å²) in [6, 6.07) is 0.769. The summed E-state index contributed by atoms with van der Waals surface area (Å²) in [6.07, 6.45) is -5.24. The Morgan fingerprint density at radius 1 is 1.45 bits per heavy atom. The van der Waals surface area contributed by atoms with Crippen LogP contribution >= 0.6 is 15.9 Å². The number of aromatic hydroxyl groups is 1. The first-order valence-corrected chi connectivity index (χ1v) is 6.58. The zero-order chi connectivity index (χ0) is 15.3. The van der Waals surface area contributed by atoms with Gasteiger partial charge in [-0.05, 0) is 6.92 Å². The number of hydrogen-bond donors (Lipinski definition) is 1. The summed E-state index contributed by atoms with van der Waals surface area (Å²) in [5, 5.41) is 9.56. The monoisotopic (exact) mass is 357 g/mol. The normalized spacial score (nSPS) is 11.2. The van der Waals surface area contributed by atoms with E-state index in [9.17, 15) is 23.1 Å². The molecule has 0 bridgehead atoms. The highest BCUT2D eigenvalue weighted by molar-refractivity contribution is 9.08. The van der Waals surface area contributed by atoms with Crippen LogP contribution in [0.3, 0.4) is 0 Å². The molecule has 1 rings (SSSR count). The lowest BCUT2D eigenvalue weighted by atomic mass is 10.2. The highest BCUT2D eigenvalue weighted by atomic mass is 79.9. The molecular weight excluding hydrogens is 347 g/mol. The lowest BCUT2D eigenvalue weighted by Gasteiger charge is -2.13. The third-order valence-corrected chi connectivity index (χ3v) is 2.62. The molecule has 0 saturated carbocycles. The maximum absolute atomic E-state index is 12.2. The third kappa shape index (κ3) is 4.87. The molecule has 0 aliphatic rings. The largest absolute Gasteiger partial charge is 0.573 e. The van der Waals surface area contributed by atoms with Gasteiger partial charge in [0.15, 0.2) is 5.75 Å². The Hall–Kier alpha value is -1.51. The fraction of sp³-hybridized carbons (Fsp3) is 0.455. The summed E-state index contributed by atoms with van der Waals surface area (Å²) in [6.45, 7) is 1.76. The van der Waals surface area contributed by atoms with Crippen LogP contribution in [0.2, 0.25) is 0 Å². The molecule has 0 aliphatic carbocycles. The zero-order valence-corrected chi connectivity index (χ0v) is 11.9. The van der Waals surface area contributed by atoms with Gasteiger partial charge >= 0.3 is 12.3 Å². The molecule has 0 fully saturated rings. The first-order valence-electron chi connectivity index (χ1n) is 5.46. The fourth-order valence-corrected chi connectivity index (χ4v) is 1.76. The lowest BCUT2D eigenvalue weighted by molar-refractivity contribution is -0.275. The predicted octanol–water partition coefficient (Wildman–Crippen LogP) is 2.69. The quantitative estimate of drug-likeness (QED) is 0.648. The number of alkyl halides is 4. The molecule has 0 radical (unpaired) electrons. The topological polar surface area (TPSA) is 68.7 Å². The second kappa shape index (κ2) is 6.78. The van der Waals surface area contributed by atoms with Crippen molar-refractivity contribution in [3.8, 4) is 11.5 Å². The van der Waals surface area contributed by atoms with Crippen LogP contribution < -0.4 is 4.74 Å². The number of nitrogens with zero attached hydrogens (tertiary/aromatic N) is 1. The van der Waals surface area contributed by atoms with Crippen molar-refractivity contribution < 1.29 is 32.5 Å². The molecule has 0 aromatic carbocycles.